The van der Waals surface area contributed by atoms with Crippen LogP contribution >= 0.6 is 11.3 Å². The van der Waals surface area contributed by atoms with Crippen molar-refractivity contribution in [1.29, 1.82) is 0 Å². The lowest BCUT2D eigenvalue weighted by atomic mass is 10.2. The van der Waals surface area contributed by atoms with Crippen molar-refractivity contribution in [1.82, 2.24) is 10.3 Å². The van der Waals surface area contributed by atoms with Crippen molar-refractivity contribution in [2.75, 3.05) is 12.0 Å². The molecule has 0 atom stereocenters. The third-order valence-corrected chi connectivity index (χ3v) is 4.82. The van der Waals surface area contributed by atoms with E-state index in [0.717, 1.165) is 11.3 Å². The molecule has 0 radical (unpaired) electrons. The highest BCUT2D eigenvalue weighted by Crippen LogP contribution is 2.27. The van der Waals surface area contributed by atoms with E-state index < -0.39 is 0 Å². The summed E-state index contributed by atoms with van der Waals surface area (Å²) in [5, 5.41) is 3.44. The number of anilines is 1. The number of aromatic nitrogens is 1. The fourth-order valence-corrected chi connectivity index (χ4v) is 3.58. The van der Waals surface area contributed by atoms with E-state index >= 15 is 0 Å². The maximum atomic E-state index is 12.5. The molecule has 0 bridgehead atoms. The zero-order valence-corrected chi connectivity index (χ0v) is 15.9. The minimum absolute atomic E-state index is 0.0155. The van der Waals surface area contributed by atoms with E-state index in [9.17, 15) is 9.59 Å². The van der Waals surface area contributed by atoms with Gasteiger partial charge in [-0.1, -0.05) is 23.5 Å². The quantitative estimate of drug-likeness (QED) is 0.858. The van der Waals surface area contributed by atoms with Crippen molar-refractivity contribution in [3.8, 4) is 5.75 Å². The minimum Gasteiger partial charge on any atom is -0.497 e. The molecule has 134 valence electrons. The van der Waals surface area contributed by atoms with Gasteiger partial charge in [0.1, 0.15) is 10.6 Å². The van der Waals surface area contributed by atoms with Crippen LogP contribution in [0, 0.1) is 6.92 Å². The summed E-state index contributed by atoms with van der Waals surface area (Å²) in [5.41, 5.74) is 1.60. The van der Waals surface area contributed by atoms with E-state index in [1.54, 1.807) is 18.9 Å². The van der Waals surface area contributed by atoms with Crippen molar-refractivity contribution in [3.05, 3.63) is 40.4 Å². The largest absolute Gasteiger partial charge is 0.497 e. The van der Waals surface area contributed by atoms with Crippen LogP contribution in [0.15, 0.2) is 24.3 Å². The molecule has 1 N–H and O–H groups in total. The number of methoxy groups -OCH3 is 1. The predicted molar refractivity (Wildman–Crippen MR) is 99.3 cm³/mol. The van der Waals surface area contributed by atoms with E-state index in [-0.39, 0.29) is 17.9 Å². The summed E-state index contributed by atoms with van der Waals surface area (Å²) >= 11 is 1.24. The van der Waals surface area contributed by atoms with Crippen LogP contribution in [0.3, 0.4) is 0 Å². The number of ether oxygens (including phenoxy) is 1. The zero-order chi connectivity index (χ0) is 18.6. The molecule has 1 heterocycles. The Morgan fingerprint density at radius 1 is 1.28 bits per heavy atom. The molecule has 0 fully saturated rings. The van der Waals surface area contributed by atoms with Crippen molar-refractivity contribution < 1.29 is 14.3 Å². The van der Waals surface area contributed by atoms with Gasteiger partial charge in [-0.25, -0.2) is 4.98 Å². The molecular weight excluding hydrogens is 338 g/mol. The second-order valence-electron chi connectivity index (χ2n) is 5.92. The van der Waals surface area contributed by atoms with Gasteiger partial charge < -0.3 is 10.1 Å². The summed E-state index contributed by atoms with van der Waals surface area (Å²) in [7, 11) is 1.61. The Labute approximate surface area is 151 Å². The van der Waals surface area contributed by atoms with Gasteiger partial charge in [-0.2, -0.15) is 0 Å². The molecule has 0 spiro atoms. The molecule has 0 saturated carbocycles. The Hall–Kier alpha value is -2.41. The number of hydrogen-bond donors (Lipinski definition) is 1. The Bertz CT molecular complexity index is 753. The fraction of sp³-hybridized carbons (Fsp3) is 0.389. The highest BCUT2D eigenvalue weighted by atomic mass is 32.1. The molecule has 0 aliphatic rings. The van der Waals surface area contributed by atoms with Gasteiger partial charge in [0.2, 0.25) is 5.91 Å². The molecule has 6 nitrogen and oxygen atoms in total. The standard InChI is InChI=1S/C18H23N3O3S/c1-11(2)21(13(4)22)18-20-12(3)16(25-18)17(23)19-10-14-6-8-15(24-5)9-7-14/h6-9,11H,10H2,1-5H3,(H,19,23). The van der Waals surface area contributed by atoms with Gasteiger partial charge in [0.25, 0.3) is 5.91 Å². The highest BCUT2D eigenvalue weighted by molar-refractivity contribution is 7.17. The normalized spacial score (nSPS) is 10.6. The molecule has 0 aliphatic heterocycles. The van der Waals surface area contributed by atoms with Crippen molar-refractivity contribution in [2.45, 2.75) is 40.3 Å². The molecule has 1 aromatic carbocycles. The lowest BCUT2D eigenvalue weighted by Gasteiger charge is -2.21. The number of nitrogens with one attached hydrogen (secondary N) is 1. The molecule has 0 saturated heterocycles. The van der Waals surface area contributed by atoms with Crippen molar-refractivity contribution in [2.24, 2.45) is 0 Å². The monoisotopic (exact) mass is 361 g/mol. The third kappa shape index (κ3) is 4.57. The fourth-order valence-electron chi connectivity index (χ4n) is 2.42. The van der Waals surface area contributed by atoms with E-state index in [1.165, 1.54) is 18.3 Å². The summed E-state index contributed by atoms with van der Waals surface area (Å²) in [5.74, 6) is 0.495. The molecule has 0 unspecified atom stereocenters. The van der Waals surface area contributed by atoms with Gasteiger partial charge in [-0.3, -0.25) is 14.5 Å². The minimum atomic E-state index is -0.190. The van der Waals surface area contributed by atoms with Crippen molar-refractivity contribution >= 4 is 28.3 Å². The van der Waals surface area contributed by atoms with Crippen LogP contribution < -0.4 is 15.0 Å². The van der Waals surface area contributed by atoms with E-state index in [1.807, 2.05) is 38.1 Å². The van der Waals surface area contributed by atoms with Crippen LogP contribution in [0.5, 0.6) is 5.75 Å². The van der Waals surface area contributed by atoms with E-state index in [0.29, 0.717) is 22.2 Å². The molecule has 2 aromatic rings. The second kappa shape index (κ2) is 8.11. The molecule has 0 aliphatic carbocycles. The average molecular weight is 361 g/mol. The Balaban J connectivity index is 2.10. The lowest BCUT2D eigenvalue weighted by Crippen LogP contribution is -2.34. The number of thiazole rings is 1. The zero-order valence-electron chi connectivity index (χ0n) is 15.1. The number of hydrogen-bond acceptors (Lipinski definition) is 5. The van der Waals surface area contributed by atoms with Crippen LogP contribution in [0.25, 0.3) is 0 Å². The van der Waals surface area contributed by atoms with Gasteiger partial charge >= 0.3 is 0 Å². The Kier molecular flexibility index (Phi) is 6.14. The van der Waals surface area contributed by atoms with Crippen molar-refractivity contribution in [3.63, 3.8) is 0 Å². The number of rotatable bonds is 6. The maximum Gasteiger partial charge on any atom is 0.263 e. The smallest absolute Gasteiger partial charge is 0.263 e. The molecule has 2 amide bonds. The summed E-state index contributed by atoms with van der Waals surface area (Å²) in [6.45, 7) is 7.53. The van der Waals surface area contributed by atoms with Crippen LogP contribution in [-0.2, 0) is 11.3 Å². The first-order chi connectivity index (χ1) is 11.8. The Morgan fingerprint density at radius 2 is 1.92 bits per heavy atom. The third-order valence-electron chi connectivity index (χ3n) is 3.67. The summed E-state index contributed by atoms with van der Waals surface area (Å²) < 4.78 is 5.12. The van der Waals surface area contributed by atoms with E-state index in [2.05, 4.69) is 10.3 Å². The van der Waals surface area contributed by atoms with Crippen LogP contribution in [0.4, 0.5) is 5.13 Å². The average Bonchev–Trinajstić information content (AvgIpc) is 2.93. The first-order valence-corrected chi connectivity index (χ1v) is 8.83. The molecule has 25 heavy (non-hydrogen) atoms. The first-order valence-electron chi connectivity index (χ1n) is 8.01. The first kappa shape index (κ1) is 18.9. The number of carbonyl (C=O) groups excluding carboxylic acids is 2. The number of amides is 2. The Morgan fingerprint density at radius 3 is 2.44 bits per heavy atom. The lowest BCUT2D eigenvalue weighted by molar-refractivity contribution is -0.116. The van der Waals surface area contributed by atoms with Gasteiger partial charge in [0, 0.05) is 19.5 Å². The predicted octanol–water partition coefficient (Wildman–Crippen LogP) is 3.15. The highest BCUT2D eigenvalue weighted by Gasteiger charge is 2.23. The number of aryl methyl sites for hydroxylation is 1. The topological polar surface area (TPSA) is 71.5 Å². The summed E-state index contributed by atoms with van der Waals surface area (Å²) in [6.07, 6.45) is 0. The van der Waals surface area contributed by atoms with Gasteiger partial charge in [0.15, 0.2) is 5.13 Å². The molecule has 2 rings (SSSR count). The second-order valence-corrected chi connectivity index (χ2v) is 6.90. The maximum absolute atomic E-state index is 12.5. The van der Waals surface area contributed by atoms with Crippen LogP contribution in [-0.4, -0.2) is 29.9 Å². The number of carbonyl (C=O) groups is 2. The van der Waals surface area contributed by atoms with Crippen LogP contribution in [0.2, 0.25) is 0 Å². The number of nitrogens with zero attached hydrogens (tertiary/aromatic N) is 2. The van der Waals surface area contributed by atoms with Crippen LogP contribution in [0.1, 0.15) is 41.7 Å². The molecule has 7 heteroatoms. The molecule has 1 aromatic heterocycles. The van der Waals surface area contributed by atoms with Gasteiger partial charge in [-0.05, 0) is 38.5 Å². The summed E-state index contributed by atoms with van der Waals surface area (Å²) in [6, 6.07) is 7.49. The van der Waals surface area contributed by atoms with E-state index in [4.69, 9.17) is 4.74 Å². The molecular formula is C18H23N3O3S. The van der Waals surface area contributed by atoms with Gasteiger partial charge in [-0.15, -0.1) is 0 Å². The van der Waals surface area contributed by atoms with Gasteiger partial charge in [0.05, 0.1) is 12.8 Å². The number of benzene rings is 1. The SMILES string of the molecule is COc1ccc(CNC(=O)c2sc(N(C(C)=O)C(C)C)nc2C)cc1. The summed E-state index contributed by atoms with van der Waals surface area (Å²) in [4.78, 5) is 30.8.